The molecular formula is C28H39FN4. The fraction of sp³-hybridized carbons (Fsp3) is 0.536. The summed E-state index contributed by atoms with van der Waals surface area (Å²) in [5.74, 6) is 2.50. The molecule has 2 aromatic carbocycles. The molecule has 1 saturated heterocycles. The molecule has 5 heteroatoms. The van der Waals surface area contributed by atoms with Gasteiger partial charge in [-0.1, -0.05) is 52.0 Å². The lowest BCUT2D eigenvalue weighted by atomic mass is 9.85. The van der Waals surface area contributed by atoms with Gasteiger partial charge in [-0.25, -0.2) is 9.37 Å². The minimum atomic E-state index is -0.127. The zero-order chi connectivity index (χ0) is 23.4. The third kappa shape index (κ3) is 5.75. The summed E-state index contributed by atoms with van der Waals surface area (Å²) in [6, 6.07) is 15.7. The molecule has 0 aliphatic carbocycles. The molecule has 2 heterocycles. The molecule has 1 aliphatic rings. The van der Waals surface area contributed by atoms with Crippen LogP contribution in [0.4, 0.5) is 10.3 Å². The van der Waals surface area contributed by atoms with Gasteiger partial charge in [-0.2, -0.15) is 0 Å². The predicted octanol–water partition coefficient (Wildman–Crippen LogP) is 6.17. The molecule has 4 nitrogen and oxygen atoms in total. The van der Waals surface area contributed by atoms with Gasteiger partial charge >= 0.3 is 0 Å². The maximum absolute atomic E-state index is 13.7. The molecule has 0 amide bonds. The van der Waals surface area contributed by atoms with Crippen LogP contribution >= 0.6 is 0 Å². The number of aromatic nitrogens is 2. The summed E-state index contributed by atoms with van der Waals surface area (Å²) in [6.45, 7) is 15.3. The second kappa shape index (κ2) is 10.7. The average molecular weight is 451 g/mol. The fourth-order valence-corrected chi connectivity index (χ4v) is 5.18. The molecule has 178 valence electrons. The van der Waals surface area contributed by atoms with Gasteiger partial charge in [0.15, 0.2) is 0 Å². The van der Waals surface area contributed by atoms with Crippen LogP contribution in [0.2, 0.25) is 0 Å². The Morgan fingerprint density at radius 2 is 1.70 bits per heavy atom. The number of para-hydroxylation sites is 2. The van der Waals surface area contributed by atoms with Gasteiger partial charge < -0.3 is 9.47 Å². The Morgan fingerprint density at radius 1 is 0.939 bits per heavy atom. The van der Waals surface area contributed by atoms with Crippen molar-refractivity contribution in [1.29, 1.82) is 0 Å². The van der Waals surface area contributed by atoms with E-state index in [9.17, 15) is 4.39 Å². The molecule has 1 aromatic heterocycles. The molecule has 0 radical (unpaired) electrons. The highest BCUT2D eigenvalue weighted by Crippen LogP contribution is 2.30. The molecule has 0 bridgehead atoms. The number of rotatable bonds is 9. The summed E-state index contributed by atoms with van der Waals surface area (Å²) in [7, 11) is 0. The van der Waals surface area contributed by atoms with Crippen molar-refractivity contribution in [2.24, 2.45) is 11.8 Å². The number of hydrogen-bond donors (Lipinski definition) is 0. The number of fused-ring (bicyclic) bond motifs is 1. The molecule has 1 aliphatic heterocycles. The Labute approximate surface area is 198 Å². The van der Waals surface area contributed by atoms with E-state index in [0.717, 1.165) is 69.1 Å². The number of nitrogens with zero attached hydrogens (tertiary/aromatic N) is 4. The van der Waals surface area contributed by atoms with Gasteiger partial charge in [0.1, 0.15) is 5.82 Å². The number of piperazine rings is 1. The first-order valence-corrected chi connectivity index (χ1v) is 12.6. The Kier molecular flexibility index (Phi) is 7.69. The number of imidazole rings is 1. The smallest absolute Gasteiger partial charge is 0.206 e. The zero-order valence-electron chi connectivity index (χ0n) is 20.7. The monoisotopic (exact) mass is 450 g/mol. The van der Waals surface area contributed by atoms with Crippen molar-refractivity contribution in [2.45, 2.75) is 53.0 Å². The van der Waals surface area contributed by atoms with E-state index in [1.165, 1.54) is 11.6 Å². The van der Waals surface area contributed by atoms with E-state index in [1.807, 2.05) is 6.07 Å². The first-order chi connectivity index (χ1) is 15.9. The minimum absolute atomic E-state index is 0.127. The summed E-state index contributed by atoms with van der Waals surface area (Å²) in [5, 5.41) is 0. The van der Waals surface area contributed by atoms with Crippen LogP contribution in [0.15, 0.2) is 48.5 Å². The van der Waals surface area contributed by atoms with Gasteiger partial charge in [0.25, 0.3) is 0 Å². The lowest BCUT2D eigenvalue weighted by Crippen LogP contribution is -2.47. The van der Waals surface area contributed by atoms with Crippen molar-refractivity contribution in [3.05, 3.63) is 59.9 Å². The molecular weight excluding hydrogens is 411 g/mol. The summed E-state index contributed by atoms with van der Waals surface area (Å²) >= 11 is 0. The van der Waals surface area contributed by atoms with Crippen LogP contribution in [0.25, 0.3) is 11.0 Å². The van der Waals surface area contributed by atoms with Crippen molar-refractivity contribution >= 4 is 17.0 Å². The maximum atomic E-state index is 13.7. The van der Waals surface area contributed by atoms with Crippen LogP contribution in [0, 0.1) is 17.7 Å². The summed E-state index contributed by atoms with van der Waals surface area (Å²) in [5.41, 5.74) is 3.47. The Hall–Kier alpha value is -2.40. The quantitative estimate of drug-likeness (QED) is 0.389. The number of halogens is 1. The van der Waals surface area contributed by atoms with Crippen LogP contribution in [-0.4, -0.2) is 47.2 Å². The highest BCUT2D eigenvalue weighted by atomic mass is 19.1. The topological polar surface area (TPSA) is 24.3 Å². The van der Waals surface area contributed by atoms with E-state index in [2.05, 4.69) is 72.4 Å². The molecule has 0 N–H and O–H groups in total. The van der Waals surface area contributed by atoms with E-state index in [4.69, 9.17) is 4.98 Å². The summed E-state index contributed by atoms with van der Waals surface area (Å²) in [4.78, 5) is 10.0. The first-order valence-electron chi connectivity index (χ1n) is 12.6. The average Bonchev–Trinajstić information content (AvgIpc) is 3.15. The Balaban J connectivity index is 1.34. The molecule has 0 spiro atoms. The molecule has 1 fully saturated rings. The zero-order valence-corrected chi connectivity index (χ0v) is 20.7. The Bertz CT molecular complexity index is 1030. The third-order valence-electron chi connectivity index (χ3n) is 6.91. The van der Waals surface area contributed by atoms with Crippen molar-refractivity contribution in [1.82, 2.24) is 14.5 Å². The number of hydrogen-bond acceptors (Lipinski definition) is 3. The fourth-order valence-electron chi connectivity index (χ4n) is 5.18. The van der Waals surface area contributed by atoms with Gasteiger partial charge in [-0.05, 0) is 67.0 Å². The largest absolute Gasteiger partial charge is 0.340 e. The Morgan fingerprint density at radius 3 is 2.39 bits per heavy atom. The van der Waals surface area contributed by atoms with Crippen LogP contribution in [0.1, 0.15) is 52.0 Å². The molecule has 1 atom stereocenters. The van der Waals surface area contributed by atoms with Crippen molar-refractivity contribution < 1.29 is 4.39 Å². The highest BCUT2D eigenvalue weighted by molar-refractivity contribution is 5.78. The van der Waals surface area contributed by atoms with Gasteiger partial charge in [-0.3, -0.25) is 4.90 Å². The third-order valence-corrected chi connectivity index (χ3v) is 6.91. The SMILES string of the molecule is CC(C)Cn1c(N2CCN(CCCC(c3cccc(F)c3)C(C)C)CC2)nc2ccccc21. The van der Waals surface area contributed by atoms with Gasteiger partial charge in [0.2, 0.25) is 5.95 Å². The number of anilines is 1. The van der Waals surface area contributed by atoms with E-state index < -0.39 is 0 Å². The van der Waals surface area contributed by atoms with E-state index in [1.54, 1.807) is 6.07 Å². The van der Waals surface area contributed by atoms with Crippen LogP contribution in [0.5, 0.6) is 0 Å². The van der Waals surface area contributed by atoms with Crippen LogP contribution in [-0.2, 0) is 6.54 Å². The minimum Gasteiger partial charge on any atom is -0.340 e. The second-order valence-electron chi connectivity index (χ2n) is 10.3. The van der Waals surface area contributed by atoms with E-state index >= 15 is 0 Å². The number of benzene rings is 2. The predicted molar refractivity (Wildman–Crippen MR) is 136 cm³/mol. The standard InChI is InChI=1S/C28H39FN4/c1-21(2)20-33-27-13-6-5-12-26(27)30-28(33)32-17-15-31(16-18-32)14-8-11-25(22(3)4)23-9-7-10-24(29)19-23/h5-7,9-10,12-13,19,21-22,25H,8,11,14-18,20H2,1-4H3. The summed E-state index contributed by atoms with van der Waals surface area (Å²) < 4.78 is 16.1. The van der Waals surface area contributed by atoms with Gasteiger partial charge in [0.05, 0.1) is 11.0 Å². The normalized spacial score (nSPS) is 16.3. The maximum Gasteiger partial charge on any atom is 0.206 e. The lowest BCUT2D eigenvalue weighted by molar-refractivity contribution is 0.245. The van der Waals surface area contributed by atoms with Gasteiger partial charge in [0, 0.05) is 32.7 Å². The van der Waals surface area contributed by atoms with Crippen LogP contribution < -0.4 is 4.90 Å². The summed E-state index contributed by atoms with van der Waals surface area (Å²) in [6.07, 6.45) is 2.25. The molecule has 0 saturated carbocycles. The highest BCUT2D eigenvalue weighted by Gasteiger charge is 2.23. The van der Waals surface area contributed by atoms with E-state index in [0.29, 0.717) is 17.8 Å². The molecule has 4 rings (SSSR count). The van der Waals surface area contributed by atoms with Crippen molar-refractivity contribution in [3.63, 3.8) is 0 Å². The molecule has 3 aromatic rings. The first kappa shape index (κ1) is 23.7. The van der Waals surface area contributed by atoms with Crippen molar-refractivity contribution in [2.75, 3.05) is 37.6 Å². The lowest BCUT2D eigenvalue weighted by Gasteiger charge is -2.36. The van der Waals surface area contributed by atoms with Crippen LogP contribution in [0.3, 0.4) is 0 Å². The van der Waals surface area contributed by atoms with Crippen molar-refractivity contribution in [3.8, 4) is 0 Å². The molecule has 33 heavy (non-hydrogen) atoms. The van der Waals surface area contributed by atoms with Gasteiger partial charge in [-0.15, -0.1) is 0 Å². The second-order valence-corrected chi connectivity index (χ2v) is 10.3. The van der Waals surface area contributed by atoms with E-state index in [-0.39, 0.29) is 5.82 Å². The molecule has 1 unspecified atom stereocenters.